The Morgan fingerprint density at radius 3 is 2.36 bits per heavy atom. The van der Waals surface area contributed by atoms with Crippen molar-refractivity contribution in [3.05, 3.63) is 66.2 Å². The van der Waals surface area contributed by atoms with Crippen molar-refractivity contribution >= 4 is 5.82 Å². The molecule has 4 rings (SSSR count). The molecule has 146 valence electrons. The summed E-state index contributed by atoms with van der Waals surface area (Å²) in [5.74, 6) is 1.17. The number of benzene rings is 1. The third-order valence-electron chi connectivity index (χ3n) is 4.73. The SMILES string of the molecule is FC(F)(F)c1ccc(N2CCN(Cc3coc(-c4ccccc4)n3)CC2)nc1. The number of nitrogens with zero attached hydrogens (tertiary/aromatic N) is 4. The second-order valence-electron chi connectivity index (χ2n) is 6.68. The summed E-state index contributed by atoms with van der Waals surface area (Å²) >= 11 is 0. The fraction of sp³-hybridized carbons (Fsp3) is 0.300. The normalized spacial score (nSPS) is 15.8. The maximum absolute atomic E-state index is 12.7. The van der Waals surface area contributed by atoms with Crippen molar-refractivity contribution in [2.45, 2.75) is 12.7 Å². The van der Waals surface area contributed by atoms with Crippen LogP contribution >= 0.6 is 0 Å². The van der Waals surface area contributed by atoms with E-state index in [1.807, 2.05) is 35.2 Å². The molecular formula is C20H19F3N4O. The molecule has 0 amide bonds. The number of rotatable bonds is 4. The largest absolute Gasteiger partial charge is 0.444 e. The molecule has 3 aromatic rings. The van der Waals surface area contributed by atoms with E-state index in [0.717, 1.165) is 36.6 Å². The van der Waals surface area contributed by atoms with Gasteiger partial charge in [-0.1, -0.05) is 18.2 Å². The van der Waals surface area contributed by atoms with Crippen molar-refractivity contribution in [1.29, 1.82) is 0 Å². The monoisotopic (exact) mass is 388 g/mol. The minimum absolute atomic E-state index is 0.570. The Hall–Kier alpha value is -2.87. The summed E-state index contributed by atoms with van der Waals surface area (Å²) < 4.78 is 43.5. The van der Waals surface area contributed by atoms with Gasteiger partial charge in [-0.05, 0) is 24.3 Å². The number of halogens is 3. The molecule has 1 fully saturated rings. The quantitative estimate of drug-likeness (QED) is 0.674. The molecule has 0 N–H and O–H groups in total. The van der Waals surface area contributed by atoms with Gasteiger partial charge >= 0.3 is 6.18 Å². The number of hydrogen-bond acceptors (Lipinski definition) is 5. The zero-order valence-corrected chi connectivity index (χ0v) is 15.1. The molecule has 5 nitrogen and oxygen atoms in total. The van der Waals surface area contributed by atoms with Gasteiger partial charge < -0.3 is 9.32 Å². The van der Waals surface area contributed by atoms with Gasteiger partial charge in [-0.15, -0.1) is 0 Å². The highest BCUT2D eigenvalue weighted by atomic mass is 19.4. The van der Waals surface area contributed by atoms with Crippen LogP contribution in [0.1, 0.15) is 11.3 Å². The van der Waals surface area contributed by atoms with Gasteiger partial charge in [0.2, 0.25) is 5.89 Å². The Labute approximate surface area is 160 Å². The van der Waals surface area contributed by atoms with E-state index in [1.165, 1.54) is 6.07 Å². The Kier molecular flexibility index (Phi) is 5.04. The fourth-order valence-corrected chi connectivity index (χ4v) is 3.20. The average molecular weight is 388 g/mol. The van der Waals surface area contributed by atoms with E-state index in [2.05, 4.69) is 14.9 Å². The maximum Gasteiger partial charge on any atom is 0.417 e. The van der Waals surface area contributed by atoms with Gasteiger partial charge in [-0.2, -0.15) is 13.2 Å². The molecule has 28 heavy (non-hydrogen) atoms. The molecule has 3 heterocycles. The molecule has 0 saturated carbocycles. The van der Waals surface area contributed by atoms with Gasteiger partial charge in [0.15, 0.2) is 0 Å². The Balaban J connectivity index is 1.33. The minimum atomic E-state index is -4.36. The summed E-state index contributed by atoms with van der Waals surface area (Å²) in [5, 5.41) is 0. The molecule has 8 heteroatoms. The van der Waals surface area contributed by atoms with Crippen LogP contribution in [0.2, 0.25) is 0 Å². The Morgan fingerprint density at radius 2 is 1.71 bits per heavy atom. The molecule has 0 radical (unpaired) electrons. The highest BCUT2D eigenvalue weighted by Crippen LogP contribution is 2.29. The van der Waals surface area contributed by atoms with Crippen LogP contribution in [0.25, 0.3) is 11.5 Å². The first-order valence-corrected chi connectivity index (χ1v) is 8.99. The molecule has 0 atom stereocenters. The molecule has 1 aliphatic rings. The van der Waals surface area contributed by atoms with Crippen LogP contribution in [0.15, 0.2) is 59.3 Å². The Morgan fingerprint density at radius 1 is 0.964 bits per heavy atom. The highest BCUT2D eigenvalue weighted by molar-refractivity contribution is 5.52. The number of oxazole rings is 1. The van der Waals surface area contributed by atoms with Crippen molar-refractivity contribution in [3.63, 3.8) is 0 Å². The number of piperazine rings is 1. The van der Waals surface area contributed by atoms with Crippen LogP contribution in [0.5, 0.6) is 0 Å². The molecule has 1 aliphatic heterocycles. The lowest BCUT2D eigenvalue weighted by Crippen LogP contribution is -2.46. The molecular weight excluding hydrogens is 369 g/mol. The van der Waals surface area contributed by atoms with Crippen LogP contribution in [0, 0.1) is 0 Å². The number of pyridine rings is 1. The Bertz CT molecular complexity index is 901. The van der Waals surface area contributed by atoms with E-state index in [4.69, 9.17) is 4.42 Å². The first-order chi connectivity index (χ1) is 13.5. The maximum atomic E-state index is 12.7. The summed E-state index contributed by atoms with van der Waals surface area (Å²) in [4.78, 5) is 12.8. The lowest BCUT2D eigenvalue weighted by molar-refractivity contribution is -0.137. The van der Waals surface area contributed by atoms with Gasteiger partial charge in [0.05, 0.1) is 11.3 Å². The van der Waals surface area contributed by atoms with Crippen molar-refractivity contribution in [3.8, 4) is 11.5 Å². The number of hydrogen-bond donors (Lipinski definition) is 0. The lowest BCUT2D eigenvalue weighted by atomic mass is 10.2. The fourth-order valence-electron chi connectivity index (χ4n) is 3.20. The van der Waals surface area contributed by atoms with Crippen molar-refractivity contribution in [2.24, 2.45) is 0 Å². The molecule has 1 aromatic carbocycles. The topological polar surface area (TPSA) is 45.4 Å². The second kappa shape index (κ2) is 7.63. The summed E-state index contributed by atoms with van der Waals surface area (Å²) in [6.07, 6.45) is -1.80. The summed E-state index contributed by atoms with van der Waals surface area (Å²) in [6.45, 7) is 3.61. The zero-order valence-electron chi connectivity index (χ0n) is 15.1. The standard InChI is InChI=1S/C20H19F3N4O/c21-20(22,23)16-6-7-18(24-12-16)27-10-8-26(9-11-27)13-17-14-28-19(25-17)15-4-2-1-3-5-15/h1-7,12,14H,8-11,13H2. The van der Waals surface area contributed by atoms with E-state index in [9.17, 15) is 13.2 Å². The van der Waals surface area contributed by atoms with E-state index in [1.54, 1.807) is 6.26 Å². The van der Waals surface area contributed by atoms with E-state index in [-0.39, 0.29) is 0 Å². The van der Waals surface area contributed by atoms with E-state index >= 15 is 0 Å². The van der Waals surface area contributed by atoms with Gasteiger partial charge in [0.25, 0.3) is 0 Å². The van der Waals surface area contributed by atoms with E-state index < -0.39 is 11.7 Å². The van der Waals surface area contributed by atoms with Crippen LogP contribution in [-0.2, 0) is 12.7 Å². The molecule has 0 unspecified atom stereocenters. The number of anilines is 1. The highest BCUT2D eigenvalue weighted by Gasteiger charge is 2.31. The first kappa shape index (κ1) is 18.5. The summed E-state index contributed by atoms with van der Waals surface area (Å²) in [5.41, 5.74) is 1.07. The van der Waals surface area contributed by atoms with Crippen molar-refractivity contribution < 1.29 is 17.6 Å². The predicted molar refractivity (Wildman–Crippen MR) is 98.7 cm³/mol. The van der Waals surface area contributed by atoms with Gasteiger partial charge in [-0.3, -0.25) is 4.90 Å². The van der Waals surface area contributed by atoms with Crippen LogP contribution in [-0.4, -0.2) is 41.0 Å². The molecule has 0 aliphatic carbocycles. The molecule has 1 saturated heterocycles. The summed E-state index contributed by atoms with van der Waals surface area (Å²) in [7, 11) is 0. The van der Waals surface area contributed by atoms with Crippen molar-refractivity contribution in [1.82, 2.24) is 14.9 Å². The molecule has 0 bridgehead atoms. The smallest absolute Gasteiger partial charge is 0.417 e. The molecule has 0 spiro atoms. The minimum Gasteiger partial charge on any atom is -0.444 e. The average Bonchev–Trinajstić information content (AvgIpc) is 3.17. The lowest BCUT2D eigenvalue weighted by Gasteiger charge is -2.35. The van der Waals surface area contributed by atoms with Crippen LogP contribution < -0.4 is 4.90 Å². The van der Waals surface area contributed by atoms with Gasteiger partial charge in [-0.25, -0.2) is 9.97 Å². The second-order valence-corrected chi connectivity index (χ2v) is 6.68. The third kappa shape index (κ3) is 4.17. The van der Waals surface area contributed by atoms with Gasteiger partial charge in [0, 0.05) is 44.5 Å². The van der Waals surface area contributed by atoms with Crippen LogP contribution in [0.4, 0.5) is 19.0 Å². The molecule has 2 aromatic heterocycles. The van der Waals surface area contributed by atoms with Crippen molar-refractivity contribution in [2.75, 3.05) is 31.1 Å². The van der Waals surface area contributed by atoms with Gasteiger partial charge in [0.1, 0.15) is 12.1 Å². The third-order valence-corrected chi connectivity index (χ3v) is 4.73. The van der Waals surface area contributed by atoms with E-state index in [0.29, 0.717) is 31.3 Å². The predicted octanol–water partition coefficient (Wildman–Crippen LogP) is 4.08. The number of alkyl halides is 3. The summed E-state index contributed by atoms with van der Waals surface area (Å²) in [6, 6.07) is 12.2. The zero-order chi connectivity index (χ0) is 19.6. The first-order valence-electron chi connectivity index (χ1n) is 8.99. The number of aromatic nitrogens is 2. The van der Waals surface area contributed by atoms with Crippen LogP contribution in [0.3, 0.4) is 0 Å².